The van der Waals surface area contributed by atoms with E-state index in [4.69, 9.17) is 5.73 Å². The van der Waals surface area contributed by atoms with Crippen molar-refractivity contribution in [2.24, 2.45) is 5.73 Å². The van der Waals surface area contributed by atoms with Crippen LogP contribution in [0.3, 0.4) is 0 Å². The maximum absolute atomic E-state index is 12.7. The lowest BCUT2D eigenvalue weighted by molar-refractivity contribution is -0.134. The first-order valence-electron chi connectivity index (χ1n) is 9.73. The van der Waals surface area contributed by atoms with Crippen LogP contribution in [0.1, 0.15) is 41.2 Å². The Morgan fingerprint density at radius 1 is 1.00 bits per heavy atom. The molecule has 0 bridgehead atoms. The van der Waals surface area contributed by atoms with Gasteiger partial charge in [-0.2, -0.15) is 0 Å². The first-order valence-corrected chi connectivity index (χ1v) is 9.73. The van der Waals surface area contributed by atoms with E-state index in [-0.39, 0.29) is 0 Å². The van der Waals surface area contributed by atoms with Crippen molar-refractivity contribution in [3.05, 3.63) is 84.4 Å². The lowest BCUT2D eigenvalue weighted by Gasteiger charge is -2.25. The Morgan fingerprint density at radius 3 is 2.17 bits per heavy atom. The average molecular weight is 409 g/mol. The van der Waals surface area contributed by atoms with E-state index in [0.717, 1.165) is 0 Å². The van der Waals surface area contributed by atoms with Crippen LogP contribution in [0.25, 0.3) is 0 Å². The number of rotatable bonds is 11. The lowest BCUT2D eigenvalue weighted by Crippen LogP contribution is -2.51. The zero-order valence-corrected chi connectivity index (χ0v) is 16.7. The van der Waals surface area contributed by atoms with Crippen molar-refractivity contribution in [2.75, 3.05) is 0 Å². The smallest absolute Gasteiger partial charge is 0.252 e. The van der Waals surface area contributed by atoms with Gasteiger partial charge in [0.25, 0.3) is 11.8 Å². The molecular weight excluding hydrogens is 382 g/mol. The van der Waals surface area contributed by atoms with E-state index in [1.807, 2.05) is 0 Å². The van der Waals surface area contributed by atoms with Crippen LogP contribution in [-0.4, -0.2) is 35.0 Å². The molecule has 0 heterocycles. The maximum atomic E-state index is 12.7. The van der Waals surface area contributed by atoms with E-state index in [0.29, 0.717) is 30.4 Å². The molecule has 0 saturated carbocycles. The lowest BCUT2D eigenvalue weighted by atomic mass is 9.99. The molecule has 3 atom stereocenters. The van der Waals surface area contributed by atoms with Crippen LogP contribution < -0.4 is 16.4 Å². The number of carbonyl (C=O) groups is 3. The number of nitrogens with one attached hydrogen (secondary N) is 2. The van der Waals surface area contributed by atoms with E-state index in [1.54, 1.807) is 66.7 Å². The molecule has 7 heteroatoms. The molecule has 0 aliphatic heterocycles. The Hall–Kier alpha value is -3.45. The monoisotopic (exact) mass is 409 g/mol. The summed E-state index contributed by atoms with van der Waals surface area (Å²) < 4.78 is 0. The summed E-state index contributed by atoms with van der Waals surface area (Å²) in [6.45, 7) is 3.62. The third-order valence-electron chi connectivity index (χ3n) is 4.63. The first kappa shape index (κ1) is 22.8. The van der Waals surface area contributed by atoms with E-state index in [9.17, 15) is 19.5 Å². The molecule has 0 unspecified atom stereocenters. The number of hydrogen-bond acceptors (Lipinski definition) is 4. The van der Waals surface area contributed by atoms with Gasteiger partial charge in [0.05, 0.1) is 6.04 Å². The predicted molar refractivity (Wildman–Crippen MR) is 114 cm³/mol. The molecule has 0 aliphatic rings. The van der Waals surface area contributed by atoms with E-state index in [2.05, 4.69) is 17.2 Å². The fourth-order valence-corrected chi connectivity index (χ4v) is 2.98. The molecule has 2 rings (SSSR count). The molecule has 0 fully saturated rings. The predicted octanol–water partition coefficient (Wildman–Crippen LogP) is 1.84. The van der Waals surface area contributed by atoms with Gasteiger partial charge in [-0.15, -0.1) is 6.58 Å². The van der Waals surface area contributed by atoms with Crippen molar-refractivity contribution < 1.29 is 19.5 Å². The molecule has 7 nitrogen and oxygen atoms in total. The Labute approximate surface area is 176 Å². The van der Waals surface area contributed by atoms with Crippen molar-refractivity contribution in [2.45, 2.75) is 37.5 Å². The third kappa shape index (κ3) is 6.56. The minimum absolute atomic E-state index is 0.326. The average Bonchev–Trinajstić information content (AvgIpc) is 2.77. The summed E-state index contributed by atoms with van der Waals surface area (Å²) >= 11 is 0. The van der Waals surface area contributed by atoms with Crippen LogP contribution in [-0.2, 0) is 9.59 Å². The maximum Gasteiger partial charge on any atom is 0.252 e. The van der Waals surface area contributed by atoms with Gasteiger partial charge in [0.2, 0.25) is 5.91 Å². The van der Waals surface area contributed by atoms with Crippen molar-refractivity contribution >= 4 is 17.7 Å². The van der Waals surface area contributed by atoms with Gasteiger partial charge in [0.1, 0.15) is 6.04 Å². The SMILES string of the molecule is C=CCCC[C@H](NC(=O)[C@H](O)[C@@H](NC(=O)c1ccccc1)c1ccccc1)C(N)=O. The highest BCUT2D eigenvalue weighted by molar-refractivity contribution is 5.95. The van der Waals surface area contributed by atoms with Gasteiger partial charge >= 0.3 is 0 Å². The zero-order valence-electron chi connectivity index (χ0n) is 16.7. The highest BCUT2D eigenvalue weighted by Crippen LogP contribution is 2.18. The number of nitrogens with two attached hydrogens (primary N) is 1. The third-order valence-corrected chi connectivity index (χ3v) is 4.63. The van der Waals surface area contributed by atoms with Crippen molar-refractivity contribution in [1.29, 1.82) is 0 Å². The van der Waals surface area contributed by atoms with Crippen LogP contribution in [0.5, 0.6) is 0 Å². The molecule has 0 spiro atoms. The molecule has 2 aromatic rings. The number of hydrogen-bond donors (Lipinski definition) is 4. The quantitative estimate of drug-likeness (QED) is 0.334. The van der Waals surface area contributed by atoms with Crippen molar-refractivity contribution in [1.82, 2.24) is 10.6 Å². The Kier molecular flexibility index (Phi) is 8.77. The van der Waals surface area contributed by atoms with Gasteiger partial charge in [-0.25, -0.2) is 0 Å². The first-order chi connectivity index (χ1) is 14.4. The van der Waals surface area contributed by atoms with Crippen LogP contribution in [0.2, 0.25) is 0 Å². The van der Waals surface area contributed by atoms with Gasteiger partial charge in [-0.1, -0.05) is 54.6 Å². The molecule has 30 heavy (non-hydrogen) atoms. The summed E-state index contributed by atoms with van der Waals surface area (Å²) in [4.78, 5) is 37.0. The number of amides is 3. The largest absolute Gasteiger partial charge is 0.381 e. The number of unbranched alkanes of at least 4 members (excludes halogenated alkanes) is 1. The number of aliphatic hydroxyl groups excluding tert-OH is 1. The molecule has 158 valence electrons. The zero-order chi connectivity index (χ0) is 21.9. The van der Waals surface area contributed by atoms with Gasteiger partial charge in [0, 0.05) is 5.56 Å². The molecule has 2 aromatic carbocycles. The number of primary amides is 1. The number of benzene rings is 2. The second-order valence-corrected chi connectivity index (χ2v) is 6.86. The Bertz CT molecular complexity index is 855. The normalized spacial score (nSPS) is 13.5. The molecule has 0 saturated heterocycles. The molecule has 0 radical (unpaired) electrons. The second-order valence-electron chi connectivity index (χ2n) is 6.86. The fourth-order valence-electron chi connectivity index (χ4n) is 2.98. The van der Waals surface area contributed by atoms with Crippen LogP contribution in [0.4, 0.5) is 0 Å². The van der Waals surface area contributed by atoms with Gasteiger partial charge in [-0.05, 0) is 37.0 Å². The Balaban J connectivity index is 2.18. The van der Waals surface area contributed by atoms with Gasteiger partial charge in [-0.3, -0.25) is 14.4 Å². The summed E-state index contributed by atoms with van der Waals surface area (Å²) in [5, 5.41) is 15.9. The summed E-state index contributed by atoms with van der Waals surface area (Å²) in [5.74, 6) is -1.92. The molecule has 5 N–H and O–H groups in total. The van der Waals surface area contributed by atoms with Crippen molar-refractivity contribution in [3.63, 3.8) is 0 Å². The summed E-state index contributed by atoms with van der Waals surface area (Å²) in [6, 6.07) is 15.2. The second kappa shape index (κ2) is 11.5. The molecule has 0 aliphatic carbocycles. The van der Waals surface area contributed by atoms with Crippen LogP contribution in [0, 0.1) is 0 Å². The summed E-state index contributed by atoms with van der Waals surface area (Å²) in [7, 11) is 0. The molecule has 3 amide bonds. The summed E-state index contributed by atoms with van der Waals surface area (Å²) in [6.07, 6.45) is 1.69. The standard InChI is InChI=1S/C23H27N3O4/c1-2-3-6-15-18(21(24)28)25-23(30)20(27)19(16-11-7-4-8-12-16)26-22(29)17-13-9-5-10-14-17/h2,4-5,7-14,18-20,27H,1,3,6,15H2,(H2,24,28)(H,25,30)(H,26,29)/t18-,19-,20+/m0/s1. The van der Waals surface area contributed by atoms with Gasteiger partial charge < -0.3 is 21.5 Å². The van der Waals surface area contributed by atoms with E-state index < -0.39 is 35.9 Å². The Morgan fingerprint density at radius 2 is 1.60 bits per heavy atom. The topological polar surface area (TPSA) is 122 Å². The molecular formula is C23H27N3O4. The van der Waals surface area contributed by atoms with Crippen LogP contribution in [0.15, 0.2) is 73.3 Å². The van der Waals surface area contributed by atoms with Crippen LogP contribution >= 0.6 is 0 Å². The number of carbonyl (C=O) groups excluding carboxylic acids is 3. The fraction of sp³-hybridized carbons (Fsp3) is 0.261. The highest BCUT2D eigenvalue weighted by Gasteiger charge is 2.31. The van der Waals surface area contributed by atoms with Crippen molar-refractivity contribution in [3.8, 4) is 0 Å². The number of allylic oxidation sites excluding steroid dienone is 1. The number of aliphatic hydroxyl groups is 1. The molecule has 0 aromatic heterocycles. The highest BCUT2D eigenvalue weighted by atomic mass is 16.3. The van der Waals surface area contributed by atoms with Gasteiger partial charge in [0.15, 0.2) is 6.10 Å². The summed E-state index contributed by atoms with van der Waals surface area (Å²) in [5.41, 5.74) is 6.32. The minimum atomic E-state index is -1.62. The minimum Gasteiger partial charge on any atom is -0.381 e. The van der Waals surface area contributed by atoms with E-state index >= 15 is 0 Å². The van der Waals surface area contributed by atoms with E-state index in [1.165, 1.54) is 0 Å².